The summed E-state index contributed by atoms with van der Waals surface area (Å²) in [7, 11) is 0. The Hall–Kier alpha value is -3.39. The van der Waals surface area contributed by atoms with Gasteiger partial charge in [-0.05, 0) is 44.4 Å². The van der Waals surface area contributed by atoms with Crippen LogP contribution in [0, 0.1) is 0 Å². The first-order valence-electron chi connectivity index (χ1n) is 10.7. The van der Waals surface area contributed by atoms with Crippen molar-refractivity contribution in [1.82, 2.24) is 15.3 Å². The second kappa shape index (κ2) is 8.27. The molecule has 2 aliphatic heterocycles. The number of rotatable bonds is 5. The van der Waals surface area contributed by atoms with Crippen LogP contribution in [0.3, 0.4) is 0 Å². The van der Waals surface area contributed by atoms with Crippen LogP contribution in [0.25, 0.3) is 0 Å². The summed E-state index contributed by atoms with van der Waals surface area (Å²) < 4.78 is 5.91. The fourth-order valence-electron chi connectivity index (χ4n) is 4.04. The molecule has 0 saturated heterocycles. The molecule has 164 valence electrons. The van der Waals surface area contributed by atoms with Crippen LogP contribution in [-0.2, 0) is 11.2 Å². The van der Waals surface area contributed by atoms with Crippen LogP contribution in [0.5, 0.6) is 0 Å². The summed E-state index contributed by atoms with van der Waals surface area (Å²) in [4.78, 5) is 24.1. The lowest BCUT2D eigenvalue weighted by Gasteiger charge is -2.29. The second-order valence-electron chi connectivity index (χ2n) is 8.63. The van der Waals surface area contributed by atoms with E-state index in [-0.39, 0.29) is 11.4 Å². The van der Waals surface area contributed by atoms with Crippen molar-refractivity contribution in [1.29, 1.82) is 0 Å². The van der Waals surface area contributed by atoms with Gasteiger partial charge in [-0.2, -0.15) is 0 Å². The Morgan fingerprint density at radius 3 is 3.12 bits per heavy atom. The lowest BCUT2D eigenvalue weighted by molar-refractivity contribution is 0.0901. The summed E-state index contributed by atoms with van der Waals surface area (Å²) >= 11 is 1.41. The molecule has 8 heteroatoms. The molecule has 2 N–H and O–H groups in total. The molecule has 1 amide bonds. The Morgan fingerprint density at radius 1 is 1.38 bits per heavy atom. The number of hydrogen-bond acceptors (Lipinski definition) is 7. The van der Waals surface area contributed by atoms with Gasteiger partial charge in [-0.1, -0.05) is 23.5 Å². The SMILES string of the molecule is CC1(C)Cc2nc(N3C=COC(C4=C(CNc5cccnc5)C=CCC4)=C3)sc2C(=O)N1. The summed E-state index contributed by atoms with van der Waals surface area (Å²) in [6, 6.07) is 3.92. The molecule has 7 nitrogen and oxygen atoms in total. The minimum Gasteiger partial charge on any atom is -0.462 e. The smallest absolute Gasteiger partial charge is 0.263 e. The molecule has 0 fully saturated rings. The largest absolute Gasteiger partial charge is 0.462 e. The summed E-state index contributed by atoms with van der Waals surface area (Å²) in [5.74, 6) is 0.753. The number of fused-ring (bicyclic) bond motifs is 1. The van der Waals surface area contributed by atoms with Crippen molar-refractivity contribution >= 4 is 28.1 Å². The maximum atomic E-state index is 12.5. The number of amides is 1. The summed E-state index contributed by atoms with van der Waals surface area (Å²) in [5, 5.41) is 7.25. The Bertz CT molecular complexity index is 1160. The monoisotopic (exact) mass is 447 g/mol. The quantitative estimate of drug-likeness (QED) is 0.702. The van der Waals surface area contributed by atoms with Crippen LogP contribution in [0.15, 0.2) is 72.2 Å². The molecule has 1 aliphatic carbocycles. The lowest BCUT2D eigenvalue weighted by Crippen LogP contribution is -2.48. The van der Waals surface area contributed by atoms with Crippen LogP contribution < -0.4 is 15.5 Å². The Balaban J connectivity index is 1.41. The van der Waals surface area contributed by atoms with Crippen molar-refractivity contribution in [3.63, 3.8) is 0 Å². The molecule has 2 aromatic rings. The number of nitrogens with one attached hydrogen (secondary N) is 2. The maximum absolute atomic E-state index is 12.5. The number of pyridine rings is 1. The normalized spacial score (nSPS) is 19.2. The van der Waals surface area contributed by atoms with Gasteiger partial charge in [0, 0.05) is 42.7 Å². The zero-order valence-corrected chi connectivity index (χ0v) is 18.9. The van der Waals surface area contributed by atoms with Gasteiger partial charge in [-0.15, -0.1) is 0 Å². The number of ether oxygens (including phenoxy) is 1. The fourth-order valence-corrected chi connectivity index (χ4v) is 4.97. The Morgan fingerprint density at radius 2 is 2.28 bits per heavy atom. The molecule has 2 aromatic heterocycles. The van der Waals surface area contributed by atoms with Gasteiger partial charge < -0.3 is 15.4 Å². The molecule has 0 bridgehead atoms. The van der Waals surface area contributed by atoms with Crippen molar-refractivity contribution < 1.29 is 9.53 Å². The van der Waals surface area contributed by atoms with Gasteiger partial charge in [-0.25, -0.2) is 4.98 Å². The zero-order chi connectivity index (χ0) is 22.1. The molecule has 0 unspecified atom stereocenters. The number of aromatic nitrogens is 2. The predicted molar refractivity (Wildman–Crippen MR) is 126 cm³/mol. The van der Waals surface area contributed by atoms with E-state index in [1.807, 2.05) is 49.5 Å². The third kappa shape index (κ3) is 4.18. The molecular weight excluding hydrogens is 422 g/mol. The van der Waals surface area contributed by atoms with E-state index in [2.05, 4.69) is 27.8 Å². The first kappa shape index (κ1) is 20.5. The highest BCUT2D eigenvalue weighted by Gasteiger charge is 2.34. The van der Waals surface area contributed by atoms with E-state index in [1.54, 1.807) is 12.5 Å². The fraction of sp³-hybridized carbons (Fsp3) is 0.292. The van der Waals surface area contributed by atoms with Crippen molar-refractivity contribution in [2.75, 3.05) is 16.8 Å². The number of carbonyl (C=O) groups excluding carboxylic acids is 1. The molecule has 0 spiro atoms. The highest BCUT2D eigenvalue weighted by atomic mass is 32.1. The molecule has 3 aliphatic rings. The van der Waals surface area contributed by atoms with Gasteiger partial charge in [0.15, 0.2) is 5.13 Å². The van der Waals surface area contributed by atoms with Crippen LogP contribution in [0.4, 0.5) is 10.8 Å². The number of allylic oxidation sites excluding steroid dienone is 2. The Labute approximate surface area is 191 Å². The van der Waals surface area contributed by atoms with E-state index in [1.165, 1.54) is 22.5 Å². The van der Waals surface area contributed by atoms with Crippen LogP contribution in [-0.4, -0.2) is 28.0 Å². The zero-order valence-electron chi connectivity index (χ0n) is 18.1. The van der Waals surface area contributed by atoms with Crippen molar-refractivity contribution in [3.8, 4) is 0 Å². The highest BCUT2D eigenvalue weighted by Crippen LogP contribution is 2.35. The third-order valence-electron chi connectivity index (χ3n) is 5.56. The van der Waals surface area contributed by atoms with Crippen LogP contribution >= 0.6 is 11.3 Å². The highest BCUT2D eigenvalue weighted by molar-refractivity contribution is 7.17. The summed E-state index contributed by atoms with van der Waals surface area (Å²) in [6.45, 7) is 4.72. The van der Waals surface area contributed by atoms with E-state index >= 15 is 0 Å². The number of nitrogens with zero attached hydrogens (tertiary/aromatic N) is 3. The van der Waals surface area contributed by atoms with E-state index < -0.39 is 0 Å². The Kier molecular flexibility index (Phi) is 5.30. The maximum Gasteiger partial charge on any atom is 0.263 e. The van der Waals surface area contributed by atoms with E-state index in [9.17, 15) is 4.79 Å². The van der Waals surface area contributed by atoms with Crippen molar-refractivity contribution in [3.05, 3.63) is 82.8 Å². The molecule has 5 rings (SSSR count). The molecule has 0 atom stereocenters. The summed E-state index contributed by atoms with van der Waals surface area (Å²) in [6.07, 6.45) is 16.0. The molecular formula is C24H25N5O2S. The van der Waals surface area contributed by atoms with Gasteiger partial charge in [-0.3, -0.25) is 14.7 Å². The molecule has 0 aromatic carbocycles. The topological polar surface area (TPSA) is 79.4 Å². The van der Waals surface area contributed by atoms with Gasteiger partial charge in [0.2, 0.25) is 0 Å². The van der Waals surface area contributed by atoms with Gasteiger partial charge in [0.05, 0.1) is 17.6 Å². The second-order valence-corrected chi connectivity index (χ2v) is 9.61. The first-order chi connectivity index (χ1) is 15.5. The van der Waals surface area contributed by atoms with E-state index in [0.717, 1.165) is 41.5 Å². The van der Waals surface area contributed by atoms with Crippen LogP contribution in [0.1, 0.15) is 42.1 Å². The summed E-state index contributed by atoms with van der Waals surface area (Å²) in [5.41, 5.74) is 3.90. The van der Waals surface area contributed by atoms with Gasteiger partial charge in [0.25, 0.3) is 5.91 Å². The molecule has 32 heavy (non-hydrogen) atoms. The van der Waals surface area contributed by atoms with E-state index in [0.29, 0.717) is 11.4 Å². The van der Waals surface area contributed by atoms with Gasteiger partial charge in [0.1, 0.15) is 16.9 Å². The average molecular weight is 448 g/mol. The standard InChI is InChI=1S/C24H25N5O2S/c1-24(2)12-19-21(22(30)28-24)32-23(27-19)29-10-11-31-20(15-29)18-8-4-3-6-16(18)13-26-17-7-5-9-25-14-17/h3,5-7,9-11,14-15,26H,4,8,12-13H2,1-2H3,(H,28,30). The molecule has 0 saturated carbocycles. The van der Waals surface area contributed by atoms with Crippen LogP contribution in [0.2, 0.25) is 0 Å². The van der Waals surface area contributed by atoms with Crippen molar-refractivity contribution in [2.45, 2.75) is 38.6 Å². The predicted octanol–water partition coefficient (Wildman–Crippen LogP) is 4.51. The number of anilines is 2. The number of thiazole rings is 1. The van der Waals surface area contributed by atoms with Crippen molar-refractivity contribution in [2.24, 2.45) is 0 Å². The average Bonchev–Trinajstić information content (AvgIpc) is 3.22. The third-order valence-corrected chi connectivity index (χ3v) is 6.67. The first-order valence-corrected chi connectivity index (χ1v) is 11.5. The molecule has 0 radical (unpaired) electrons. The minimum absolute atomic E-state index is 0.0506. The number of hydrogen-bond donors (Lipinski definition) is 2. The minimum atomic E-state index is -0.285. The lowest BCUT2D eigenvalue weighted by atomic mass is 9.94. The van der Waals surface area contributed by atoms with E-state index in [4.69, 9.17) is 9.72 Å². The number of carbonyl (C=O) groups is 1. The molecule has 4 heterocycles. The van der Waals surface area contributed by atoms with Gasteiger partial charge >= 0.3 is 0 Å².